The topological polar surface area (TPSA) is 62.1 Å². The van der Waals surface area contributed by atoms with Crippen molar-refractivity contribution in [3.63, 3.8) is 0 Å². The Bertz CT molecular complexity index is 833. The van der Waals surface area contributed by atoms with Gasteiger partial charge in [-0.25, -0.2) is 0 Å². The number of aryl methyl sites for hydroxylation is 1. The SMILES string of the molecule is COc1c(C)cccc1C(=O)Nc1sc2c(c1C#N)CCC(C)C2. The van der Waals surface area contributed by atoms with Gasteiger partial charge >= 0.3 is 0 Å². The molecule has 3 rings (SSSR count). The zero-order valence-corrected chi connectivity index (χ0v) is 14.9. The quantitative estimate of drug-likeness (QED) is 0.905. The number of nitrogens with one attached hydrogen (secondary N) is 1. The van der Waals surface area contributed by atoms with Crippen molar-refractivity contribution in [2.24, 2.45) is 5.92 Å². The summed E-state index contributed by atoms with van der Waals surface area (Å²) in [5.74, 6) is 0.963. The van der Waals surface area contributed by atoms with Crippen LogP contribution < -0.4 is 10.1 Å². The highest BCUT2D eigenvalue weighted by molar-refractivity contribution is 7.16. The predicted octanol–water partition coefficient (Wildman–Crippen LogP) is 4.31. The van der Waals surface area contributed by atoms with Gasteiger partial charge in [0.15, 0.2) is 0 Å². The summed E-state index contributed by atoms with van der Waals surface area (Å²) in [6.45, 7) is 4.13. The van der Waals surface area contributed by atoms with Crippen molar-refractivity contribution in [1.29, 1.82) is 5.26 Å². The highest BCUT2D eigenvalue weighted by atomic mass is 32.1. The average molecular weight is 340 g/mol. The third kappa shape index (κ3) is 2.90. The first-order valence-corrected chi connectivity index (χ1v) is 8.86. The van der Waals surface area contributed by atoms with E-state index in [1.807, 2.05) is 19.1 Å². The lowest BCUT2D eigenvalue weighted by Gasteiger charge is -2.17. The molecule has 5 heteroatoms. The first-order valence-electron chi connectivity index (χ1n) is 8.04. The molecule has 0 saturated heterocycles. The maximum atomic E-state index is 12.7. The van der Waals surface area contributed by atoms with Crippen molar-refractivity contribution in [2.75, 3.05) is 12.4 Å². The lowest BCUT2D eigenvalue weighted by molar-refractivity contribution is 0.102. The fraction of sp³-hybridized carbons (Fsp3) is 0.368. The van der Waals surface area contributed by atoms with Crippen molar-refractivity contribution in [1.82, 2.24) is 0 Å². The second-order valence-electron chi connectivity index (χ2n) is 6.28. The molecule has 1 atom stereocenters. The minimum absolute atomic E-state index is 0.237. The molecule has 4 nitrogen and oxygen atoms in total. The number of thiophene rings is 1. The van der Waals surface area contributed by atoms with Crippen LogP contribution in [0.4, 0.5) is 5.00 Å². The summed E-state index contributed by atoms with van der Waals surface area (Å²) in [5, 5.41) is 13.1. The normalized spacial score (nSPS) is 16.2. The van der Waals surface area contributed by atoms with Gasteiger partial charge in [0.25, 0.3) is 5.91 Å². The van der Waals surface area contributed by atoms with Crippen molar-refractivity contribution in [3.05, 3.63) is 45.3 Å². The van der Waals surface area contributed by atoms with Crippen LogP contribution in [0.2, 0.25) is 0 Å². The molecular formula is C19H20N2O2S. The smallest absolute Gasteiger partial charge is 0.260 e. The first kappa shape index (κ1) is 16.5. The lowest BCUT2D eigenvalue weighted by atomic mass is 9.88. The third-order valence-corrected chi connectivity index (χ3v) is 5.68. The summed E-state index contributed by atoms with van der Waals surface area (Å²) in [5.41, 5.74) is 3.14. The molecular weight excluding hydrogens is 320 g/mol. The van der Waals surface area contributed by atoms with Gasteiger partial charge in [-0.05, 0) is 49.3 Å². The molecule has 1 aliphatic rings. The van der Waals surface area contributed by atoms with Gasteiger partial charge < -0.3 is 10.1 Å². The maximum absolute atomic E-state index is 12.7. The number of fused-ring (bicyclic) bond motifs is 1. The van der Waals surface area contributed by atoms with Crippen molar-refractivity contribution in [3.8, 4) is 11.8 Å². The Morgan fingerprint density at radius 2 is 2.25 bits per heavy atom. The molecule has 1 heterocycles. The fourth-order valence-electron chi connectivity index (χ4n) is 3.23. The number of ether oxygens (including phenoxy) is 1. The van der Waals surface area contributed by atoms with E-state index in [0.29, 0.717) is 27.8 Å². The third-order valence-electron chi connectivity index (χ3n) is 4.51. The number of carbonyl (C=O) groups is 1. The molecule has 0 spiro atoms. The minimum atomic E-state index is -0.237. The van der Waals surface area contributed by atoms with Gasteiger partial charge in [-0.2, -0.15) is 5.26 Å². The summed E-state index contributed by atoms with van der Waals surface area (Å²) in [4.78, 5) is 13.9. The van der Waals surface area contributed by atoms with Gasteiger partial charge in [0.05, 0.1) is 18.2 Å². The van der Waals surface area contributed by atoms with Crippen LogP contribution in [0.25, 0.3) is 0 Å². The second-order valence-corrected chi connectivity index (χ2v) is 7.38. The van der Waals surface area contributed by atoms with Gasteiger partial charge in [0.2, 0.25) is 0 Å². The summed E-state index contributed by atoms with van der Waals surface area (Å²) in [7, 11) is 1.56. The second kappa shape index (κ2) is 6.66. The first-order chi connectivity index (χ1) is 11.5. The van der Waals surface area contributed by atoms with Crippen LogP contribution in [0, 0.1) is 24.2 Å². The number of para-hydroxylation sites is 1. The summed E-state index contributed by atoms with van der Waals surface area (Å²) >= 11 is 1.54. The largest absolute Gasteiger partial charge is 0.496 e. The molecule has 2 aromatic rings. The zero-order valence-electron chi connectivity index (χ0n) is 14.1. The van der Waals surface area contributed by atoms with E-state index in [1.165, 1.54) is 16.2 Å². The fourth-order valence-corrected chi connectivity index (χ4v) is 4.59. The van der Waals surface area contributed by atoms with Crippen molar-refractivity contribution in [2.45, 2.75) is 33.1 Å². The molecule has 0 saturated carbocycles. The Kier molecular flexibility index (Phi) is 4.59. The number of rotatable bonds is 3. The summed E-state index contributed by atoms with van der Waals surface area (Å²) < 4.78 is 5.36. The van der Waals surface area contributed by atoms with Crippen LogP contribution in [-0.4, -0.2) is 13.0 Å². The maximum Gasteiger partial charge on any atom is 0.260 e. The zero-order chi connectivity index (χ0) is 17.3. The standard InChI is InChI=1S/C19H20N2O2S/c1-11-7-8-13-15(10-20)19(24-16(13)9-11)21-18(22)14-6-4-5-12(2)17(14)23-3/h4-6,11H,7-9H2,1-3H3,(H,21,22). The number of carbonyl (C=O) groups excluding carboxylic acids is 1. The predicted molar refractivity (Wildman–Crippen MR) is 95.9 cm³/mol. The molecule has 0 radical (unpaired) electrons. The Hall–Kier alpha value is -2.32. The van der Waals surface area contributed by atoms with E-state index in [4.69, 9.17) is 4.74 Å². The van der Waals surface area contributed by atoms with Crippen LogP contribution in [0.5, 0.6) is 5.75 Å². The van der Waals surface area contributed by atoms with E-state index in [0.717, 1.165) is 30.4 Å². The molecule has 0 fully saturated rings. The van der Waals surface area contributed by atoms with Crippen molar-refractivity contribution < 1.29 is 9.53 Å². The number of nitrogens with zero attached hydrogens (tertiary/aromatic N) is 1. The van der Waals surface area contributed by atoms with E-state index >= 15 is 0 Å². The van der Waals surface area contributed by atoms with Crippen LogP contribution >= 0.6 is 11.3 Å². The number of methoxy groups -OCH3 is 1. The summed E-state index contributed by atoms with van der Waals surface area (Å²) in [6.07, 6.45) is 3.00. The lowest BCUT2D eigenvalue weighted by Crippen LogP contribution is -2.13. The number of amides is 1. The molecule has 1 aromatic heterocycles. The van der Waals surface area contributed by atoms with Gasteiger partial charge in [0, 0.05) is 4.88 Å². The van der Waals surface area contributed by atoms with Gasteiger partial charge in [-0.3, -0.25) is 4.79 Å². The Labute approximate surface area is 146 Å². The van der Waals surface area contributed by atoms with Crippen LogP contribution in [0.1, 0.15) is 45.3 Å². The summed E-state index contributed by atoms with van der Waals surface area (Å²) in [6, 6.07) is 7.76. The van der Waals surface area contributed by atoms with Gasteiger partial charge in [-0.15, -0.1) is 11.3 Å². The average Bonchev–Trinajstić information content (AvgIpc) is 2.90. The van der Waals surface area contributed by atoms with Crippen molar-refractivity contribution >= 4 is 22.2 Å². The van der Waals surface area contributed by atoms with Gasteiger partial charge in [-0.1, -0.05) is 19.1 Å². The van der Waals surface area contributed by atoms with E-state index < -0.39 is 0 Å². The van der Waals surface area contributed by atoms with E-state index in [9.17, 15) is 10.1 Å². The van der Waals surface area contributed by atoms with E-state index in [1.54, 1.807) is 13.2 Å². The molecule has 1 amide bonds. The molecule has 1 aromatic carbocycles. The van der Waals surface area contributed by atoms with Gasteiger partial charge in [0.1, 0.15) is 16.8 Å². The highest BCUT2D eigenvalue weighted by Crippen LogP contribution is 2.39. The molecule has 24 heavy (non-hydrogen) atoms. The number of anilines is 1. The van der Waals surface area contributed by atoms with Crippen LogP contribution in [-0.2, 0) is 12.8 Å². The number of nitriles is 1. The highest BCUT2D eigenvalue weighted by Gasteiger charge is 2.25. The molecule has 0 bridgehead atoms. The molecule has 1 unspecified atom stereocenters. The Morgan fingerprint density at radius 3 is 2.96 bits per heavy atom. The minimum Gasteiger partial charge on any atom is -0.496 e. The van der Waals surface area contributed by atoms with E-state index in [2.05, 4.69) is 18.3 Å². The molecule has 1 N–H and O–H groups in total. The van der Waals surface area contributed by atoms with Crippen LogP contribution in [0.3, 0.4) is 0 Å². The van der Waals surface area contributed by atoms with Crippen LogP contribution in [0.15, 0.2) is 18.2 Å². The number of hydrogen-bond acceptors (Lipinski definition) is 4. The molecule has 1 aliphatic carbocycles. The Balaban J connectivity index is 1.94. The molecule has 0 aliphatic heterocycles. The number of hydrogen-bond donors (Lipinski definition) is 1. The monoisotopic (exact) mass is 340 g/mol. The van der Waals surface area contributed by atoms with E-state index in [-0.39, 0.29) is 5.91 Å². The molecule has 124 valence electrons. The number of benzene rings is 1. The Morgan fingerprint density at radius 1 is 1.46 bits per heavy atom.